The molecular weight excluding hydrogens is 234 g/mol. The zero-order chi connectivity index (χ0) is 13.3. The van der Waals surface area contributed by atoms with Gasteiger partial charge in [-0.1, -0.05) is 0 Å². The van der Waals surface area contributed by atoms with E-state index in [1.54, 1.807) is 13.8 Å². The van der Waals surface area contributed by atoms with Gasteiger partial charge >= 0.3 is 5.97 Å². The number of aromatic carboxylic acids is 1. The second kappa shape index (κ2) is 4.25. The molecule has 0 atom stereocenters. The second-order valence-corrected chi connectivity index (χ2v) is 3.67. The fraction of sp³-hybridized carbons (Fsp3) is 0.182. The SMILES string of the molecule is Cc1nnc(-n2ccc(C(=O)O)n2)c(C#N)c1C. The summed E-state index contributed by atoms with van der Waals surface area (Å²) in [5, 5.41) is 29.5. The van der Waals surface area contributed by atoms with Gasteiger partial charge in [-0.05, 0) is 25.5 Å². The number of carboxylic acids is 1. The average Bonchev–Trinajstić information content (AvgIpc) is 2.82. The molecule has 90 valence electrons. The molecule has 7 nitrogen and oxygen atoms in total. The van der Waals surface area contributed by atoms with Crippen LogP contribution in [-0.2, 0) is 0 Å². The molecular formula is C11H9N5O2. The largest absolute Gasteiger partial charge is 0.476 e. The van der Waals surface area contributed by atoms with E-state index in [1.807, 2.05) is 6.07 Å². The molecule has 7 heteroatoms. The molecule has 2 aromatic rings. The van der Waals surface area contributed by atoms with Crippen LogP contribution in [0.25, 0.3) is 5.82 Å². The van der Waals surface area contributed by atoms with Crippen LogP contribution in [0.3, 0.4) is 0 Å². The summed E-state index contributed by atoms with van der Waals surface area (Å²) in [6, 6.07) is 3.36. The predicted molar refractivity (Wildman–Crippen MR) is 60.3 cm³/mol. The lowest BCUT2D eigenvalue weighted by atomic mass is 10.1. The summed E-state index contributed by atoms with van der Waals surface area (Å²) in [4.78, 5) is 10.7. The Morgan fingerprint density at radius 1 is 1.44 bits per heavy atom. The van der Waals surface area contributed by atoms with Crippen molar-refractivity contribution in [3.8, 4) is 11.9 Å². The molecule has 1 N–H and O–H groups in total. The molecule has 0 fully saturated rings. The maximum absolute atomic E-state index is 10.7. The molecule has 0 radical (unpaired) electrons. The Bertz CT molecular complexity index is 669. The summed E-state index contributed by atoms with van der Waals surface area (Å²) in [7, 11) is 0. The van der Waals surface area contributed by atoms with E-state index in [4.69, 9.17) is 10.4 Å². The highest BCUT2D eigenvalue weighted by Crippen LogP contribution is 2.16. The van der Waals surface area contributed by atoms with E-state index in [2.05, 4.69) is 15.3 Å². The molecule has 0 amide bonds. The Morgan fingerprint density at radius 2 is 2.17 bits per heavy atom. The Balaban J connectivity index is 2.61. The van der Waals surface area contributed by atoms with E-state index in [-0.39, 0.29) is 11.5 Å². The fourth-order valence-electron chi connectivity index (χ4n) is 1.45. The van der Waals surface area contributed by atoms with Crippen LogP contribution in [-0.4, -0.2) is 31.1 Å². The van der Waals surface area contributed by atoms with Gasteiger partial charge in [0.25, 0.3) is 0 Å². The first-order chi connectivity index (χ1) is 8.54. The van der Waals surface area contributed by atoms with Gasteiger partial charge in [0.15, 0.2) is 11.5 Å². The van der Waals surface area contributed by atoms with Gasteiger partial charge in [0.1, 0.15) is 11.6 Å². The Labute approximate surface area is 102 Å². The molecule has 0 unspecified atom stereocenters. The molecule has 18 heavy (non-hydrogen) atoms. The van der Waals surface area contributed by atoms with E-state index < -0.39 is 5.97 Å². The van der Waals surface area contributed by atoms with Crippen LogP contribution >= 0.6 is 0 Å². The van der Waals surface area contributed by atoms with Gasteiger partial charge in [0.05, 0.1) is 5.69 Å². The molecule has 0 saturated carbocycles. The minimum atomic E-state index is -1.14. The molecule has 0 aliphatic rings. The summed E-state index contributed by atoms with van der Waals surface area (Å²) in [6.07, 6.45) is 1.43. The summed E-state index contributed by atoms with van der Waals surface area (Å²) in [5.41, 5.74) is 1.58. The highest BCUT2D eigenvalue weighted by atomic mass is 16.4. The van der Waals surface area contributed by atoms with Crippen molar-refractivity contribution in [2.45, 2.75) is 13.8 Å². The van der Waals surface area contributed by atoms with Crippen LogP contribution < -0.4 is 0 Å². The maximum atomic E-state index is 10.7. The van der Waals surface area contributed by atoms with Crippen molar-refractivity contribution in [1.29, 1.82) is 5.26 Å². The minimum Gasteiger partial charge on any atom is -0.476 e. The van der Waals surface area contributed by atoms with Gasteiger partial charge in [-0.3, -0.25) is 0 Å². The average molecular weight is 243 g/mol. The first-order valence-electron chi connectivity index (χ1n) is 5.08. The van der Waals surface area contributed by atoms with Gasteiger partial charge in [0.2, 0.25) is 0 Å². The molecule has 0 aliphatic heterocycles. The number of nitrogens with zero attached hydrogens (tertiary/aromatic N) is 5. The van der Waals surface area contributed by atoms with Crippen molar-refractivity contribution in [3.05, 3.63) is 34.8 Å². The minimum absolute atomic E-state index is 0.112. The van der Waals surface area contributed by atoms with Gasteiger partial charge in [-0.15, -0.1) is 5.10 Å². The molecule has 2 rings (SSSR count). The highest BCUT2D eigenvalue weighted by Gasteiger charge is 2.15. The van der Waals surface area contributed by atoms with Crippen molar-refractivity contribution >= 4 is 5.97 Å². The number of hydrogen-bond acceptors (Lipinski definition) is 5. The van der Waals surface area contributed by atoms with E-state index >= 15 is 0 Å². The summed E-state index contributed by atoms with van der Waals surface area (Å²) in [6.45, 7) is 3.51. The van der Waals surface area contributed by atoms with Crippen molar-refractivity contribution in [2.75, 3.05) is 0 Å². The lowest BCUT2D eigenvalue weighted by Crippen LogP contribution is -2.08. The van der Waals surface area contributed by atoms with Gasteiger partial charge in [0, 0.05) is 6.20 Å². The second-order valence-electron chi connectivity index (χ2n) is 3.67. The van der Waals surface area contributed by atoms with E-state index in [1.165, 1.54) is 16.9 Å². The number of carbonyl (C=O) groups is 1. The predicted octanol–water partition coefficient (Wildman–Crippen LogP) is 0.849. The molecule has 0 aliphatic carbocycles. The van der Waals surface area contributed by atoms with Crippen LogP contribution in [0.4, 0.5) is 0 Å². The quantitative estimate of drug-likeness (QED) is 0.838. The fourth-order valence-corrected chi connectivity index (χ4v) is 1.45. The normalized spacial score (nSPS) is 10.1. The molecule has 2 aromatic heterocycles. The Hall–Kier alpha value is -2.75. The van der Waals surface area contributed by atoms with Crippen LogP contribution in [0.2, 0.25) is 0 Å². The third-order valence-corrected chi connectivity index (χ3v) is 2.57. The van der Waals surface area contributed by atoms with E-state index in [0.717, 1.165) is 0 Å². The van der Waals surface area contributed by atoms with E-state index in [9.17, 15) is 4.79 Å². The van der Waals surface area contributed by atoms with Crippen molar-refractivity contribution in [3.63, 3.8) is 0 Å². The first kappa shape index (κ1) is 11.7. The van der Waals surface area contributed by atoms with Crippen LogP contribution in [0.15, 0.2) is 12.3 Å². The van der Waals surface area contributed by atoms with Crippen LogP contribution in [0.5, 0.6) is 0 Å². The zero-order valence-corrected chi connectivity index (χ0v) is 9.75. The third-order valence-electron chi connectivity index (χ3n) is 2.57. The Kier molecular flexibility index (Phi) is 2.77. The first-order valence-corrected chi connectivity index (χ1v) is 5.08. The molecule has 0 saturated heterocycles. The third kappa shape index (κ3) is 1.80. The van der Waals surface area contributed by atoms with Crippen LogP contribution in [0, 0.1) is 25.2 Å². The number of carboxylic acid groups (broad SMARTS) is 1. The van der Waals surface area contributed by atoms with Crippen molar-refractivity contribution in [2.24, 2.45) is 0 Å². The smallest absolute Gasteiger partial charge is 0.356 e. The summed E-state index contributed by atoms with van der Waals surface area (Å²) >= 11 is 0. The molecule has 0 bridgehead atoms. The maximum Gasteiger partial charge on any atom is 0.356 e. The summed E-state index contributed by atoms with van der Waals surface area (Å²) < 4.78 is 1.24. The monoisotopic (exact) mass is 243 g/mol. The number of aromatic nitrogens is 4. The Morgan fingerprint density at radius 3 is 2.72 bits per heavy atom. The lowest BCUT2D eigenvalue weighted by molar-refractivity contribution is 0.0690. The van der Waals surface area contributed by atoms with Crippen molar-refractivity contribution in [1.82, 2.24) is 20.0 Å². The van der Waals surface area contributed by atoms with Crippen molar-refractivity contribution < 1.29 is 9.90 Å². The van der Waals surface area contributed by atoms with Gasteiger partial charge in [-0.2, -0.15) is 15.5 Å². The zero-order valence-electron chi connectivity index (χ0n) is 9.75. The molecule has 0 aromatic carbocycles. The lowest BCUT2D eigenvalue weighted by Gasteiger charge is -2.06. The molecule has 0 spiro atoms. The van der Waals surface area contributed by atoms with Crippen LogP contribution in [0.1, 0.15) is 27.3 Å². The standard InChI is InChI=1S/C11H9N5O2/c1-6-7(2)13-14-10(8(6)5-12)16-4-3-9(15-16)11(17)18/h3-4H,1-2H3,(H,17,18). The summed E-state index contributed by atoms with van der Waals surface area (Å²) in [5.74, 6) is -0.905. The number of aryl methyl sites for hydroxylation is 1. The van der Waals surface area contributed by atoms with E-state index in [0.29, 0.717) is 16.8 Å². The number of hydrogen-bond donors (Lipinski definition) is 1. The van der Waals surface area contributed by atoms with Gasteiger partial charge < -0.3 is 5.11 Å². The number of nitriles is 1. The molecule has 2 heterocycles. The van der Waals surface area contributed by atoms with Gasteiger partial charge in [-0.25, -0.2) is 9.48 Å². The topological polar surface area (TPSA) is 105 Å². The highest BCUT2D eigenvalue weighted by molar-refractivity contribution is 5.85. The number of rotatable bonds is 2.